The summed E-state index contributed by atoms with van der Waals surface area (Å²) in [5.41, 5.74) is 1.48. The van der Waals surface area contributed by atoms with E-state index >= 15 is 0 Å². The number of carbonyl (C=O) groups is 1. The van der Waals surface area contributed by atoms with Gasteiger partial charge in [-0.2, -0.15) is 0 Å². The molecule has 26 heavy (non-hydrogen) atoms. The highest BCUT2D eigenvalue weighted by Gasteiger charge is 2.13. The Labute approximate surface area is 152 Å². The van der Waals surface area contributed by atoms with Crippen LogP contribution in [0.4, 0.5) is 5.69 Å². The lowest BCUT2D eigenvalue weighted by Gasteiger charge is -2.10. The fourth-order valence-corrected chi connectivity index (χ4v) is 2.45. The zero-order valence-corrected chi connectivity index (χ0v) is 14.8. The van der Waals surface area contributed by atoms with Crippen molar-refractivity contribution in [3.8, 4) is 23.0 Å². The molecule has 6 heteroatoms. The molecule has 2 aromatic carbocycles. The van der Waals surface area contributed by atoms with E-state index in [1.165, 1.54) is 6.08 Å². The first kappa shape index (κ1) is 17.7. The van der Waals surface area contributed by atoms with E-state index < -0.39 is 0 Å². The quantitative estimate of drug-likeness (QED) is 0.764. The topological polar surface area (TPSA) is 66.0 Å². The molecule has 2 aromatic rings. The van der Waals surface area contributed by atoms with E-state index in [9.17, 15) is 4.79 Å². The number of amides is 1. The second-order valence-corrected chi connectivity index (χ2v) is 5.65. The summed E-state index contributed by atoms with van der Waals surface area (Å²) in [6.45, 7) is 2.87. The van der Waals surface area contributed by atoms with Crippen molar-refractivity contribution in [2.75, 3.05) is 25.8 Å². The van der Waals surface area contributed by atoms with Gasteiger partial charge < -0.3 is 24.3 Å². The molecule has 0 spiro atoms. The van der Waals surface area contributed by atoms with Gasteiger partial charge in [-0.3, -0.25) is 4.79 Å². The Morgan fingerprint density at radius 3 is 2.81 bits per heavy atom. The fraction of sp³-hybridized carbons (Fsp3) is 0.250. The normalized spacial score (nSPS) is 12.2. The van der Waals surface area contributed by atoms with Crippen LogP contribution in [0.2, 0.25) is 0 Å². The largest absolute Gasteiger partial charge is 0.493 e. The molecule has 3 rings (SSSR count). The number of fused-ring (bicyclic) bond motifs is 1. The molecule has 1 aliphatic rings. The molecule has 136 valence electrons. The Morgan fingerprint density at radius 2 is 2.00 bits per heavy atom. The maximum absolute atomic E-state index is 12.1. The highest BCUT2D eigenvalue weighted by Crippen LogP contribution is 2.34. The SMILES string of the molecule is CCCOc1ccc(/C=C/C(=O)Nc2ccc3c(c2)OCO3)cc1OC. The molecular formula is C20H21NO5. The summed E-state index contributed by atoms with van der Waals surface area (Å²) in [5.74, 6) is 2.39. The van der Waals surface area contributed by atoms with Crippen LogP contribution in [0.15, 0.2) is 42.5 Å². The third-order valence-electron chi connectivity index (χ3n) is 3.72. The number of hydrogen-bond acceptors (Lipinski definition) is 5. The van der Waals surface area contributed by atoms with Crippen LogP contribution < -0.4 is 24.3 Å². The Hall–Kier alpha value is -3.15. The van der Waals surface area contributed by atoms with Gasteiger partial charge in [0.1, 0.15) is 0 Å². The molecule has 0 saturated heterocycles. The van der Waals surface area contributed by atoms with Gasteiger partial charge in [0.05, 0.1) is 13.7 Å². The molecule has 1 amide bonds. The summed E-state index contributed by atoms with van der Waals surface area (Å²) in [4.78, 5) is 12.1. The summed E-state index contributed by atoms with van der Waals surface area (Å²) >= 11 is 0. The molecule has 1 aliphatic heterocycles. The lowest BCUT2D eigenvalue weighted by molar-refractivity contribution is -0.111. The van der Waals surface area contributed by atoms with Crippen molar-refractivity contribution < 1.29 is 23.7 Å². The molecule has 0 atom stereocenters. The average Bonchev–Trinajstić information content (AvgIpc) is 3.12. The van der Waals surface area contributed by atoms with Gasteiger partial charge in [0.2, 0.25) is 12.7 Å². The molecule has 1 N–H and O–H groups in total. The Bertz CT molecular complexity index is 816. The van der Waals surface area contributed by atoms with E-state index in [1.807, 2.05) is 25.1 Å². The molecule has 0 saturated carbocycles. The van der Waals surface area contributed by atoms with Crippen LogP contribution in [0.5, 0.6) is 23.0 Å². The maximum Gasteiger partial charge on any atom is 0.248 e. The minimum atomic E-state index is -0.242. The van der Waals surface area contributed by atoms with Gasteiger partial charge in [-0.05, 0) is 42.3 Å². The Kier molecular flexibility index (Phi) is 5.63. The van der Waals surface area contributed by atoms with E-state index in [4.69, 9.17) is 18.9 Å². The minimum absolute atomic E-state index is 0.201. The number of benzene rings is 2. The Balaban J connectivity index is 1.64. The van der Waals surface area contributed by atoms with E-state index in [1.54, 1.807) is 31.4 Å². The summed E-state index contributed by atoms with van der Waals surface area (Å²) in [7, 11) is 1.59. The van der Waals surface area contributed by atoms with Crippen LogP contribution in [0.1, 0.15) is 18.9 Å². The van der Waals surface area contributed by atoms with E-state index in [0.29, 0.717) is 35.3 Å². The van der Waals surface area contributed by atoms with Crippen molar-refractivity contribution in [3.05, 3.63) is 48.0 Å². The van der Waals surface area contributed by atoms with Gasteiger partial charge in [0.15, 0.2) is 23.0 Å². The van der Waals surface area contributed by atoms with E-state index in [0.717, 1.165) is 12.0 Å². The first-order chi connectivity index (χ1) is 12.7. The highest BCUT2D eigenvalue weighted by atomic mass is 16.7. The predicted molar refractivity (Wildman–Crippen MR) is 99.0 cm³/mol. The van der Waals surface area contributed by atoms with E-state index in [2.05, 4.69) is 5.32 Å². The molecule has 0 unspecified atom stereocenters. The number of nitrogens with one attached hydrogen (secondary N) is 1. The van der Waals surface area contributed by atoms with Gasteiger partial charge in [0.25, 0.3) is 0 Å². The van der Waals surface area contributed by atoms with Crippen molar-refractivity contribution in [2.24, 2.45) is 0 Å². The fourth-order valence-electron chi connectivity index (χ4n) is 2.45. The second-order valence-electron chi connectivity index (χ2n) is 5.65. The second kappa shape index (κ2) is 8.29. The zero-order chi connectivity index (χ0) is 18.4. The number of anilines is 1. The predicted octanol–water partition coefficient (Wildman–Crippen LogP) is 3.86. The summed E-state index contributed by atoms with van der Waals surface area (Å²) in [6.07, 6.45) is 4.10. The first-order valence-corrected chi connectivity index (χ1v) is 8.39. The van der Waals surface area contributed by atoms with E-state index in [-0.39, 0.29) is 12.7 Å². The number of methoxy groups -OCH3 is 1. The maximum atomic E-state index is 12.1. The minimum Gasteiger partial charge on any atom is -0.493 e. The van der Waals surface area contributed by atoms with Crippen molar-refractivity contribution in [3.63, 3.8) is 0 Å². The molecule has 6 nitrogen and oxygen atoms in total. The molecule has 0 fully saturated rings. The van der Waals surface area contributed by atoms with Crippen LogP contribution in [-0.2, 0) is 4.79 Å². The standard InChI is InChI=1S/C20H21NO5/c1-3-10-24-16-7-4-14(11-18(16)23-2)5-9-20(22)21-15-6-8-17-19(12-15)26-13-25-17/h4-9,11-12H,3,10,13H2,1-2H3,(H,21,22)/b9-5+. The molecule has 0 aliphatic carbocycles. The Morgan fingerprint density at radius 1 is 1.15 bits per heavy atom. The first-order valence-electron chi connectivity index (χ1n) is 8.39. The van der Waals surface area contributed by atoms with Crippen LogP contribution in [0.25, 0.3) is 6.08 Å². The highest BCUT2D eigenvalue weighted by molar-refractivity contribution is 6.02. The molecular weight excluding hydrogens is 334 g/mol. The molecule has 1 heterocycles. The summed E-state index contributed by atoms with van der Waals surface area (Å²) < 4.78 is 21.5. The molecule has 0 radical (unpaired) electrons. The summed E-state index contributed by atoms with van der Waals surface area (Å²) in [6, 6.07) is 10.8. The monoisotopic (exact) mass is 355 g/mol. The van der Waals surface area contributed by atoms with Crippen molar-refractivity contribution in [2.45, 2.75) is 13.3 Å². The van der Waals surface area contributed by atoms with Gasteiger partial charge in [-0.15, -0.1) is 0 Å². The van der Waals surface area contributed by atoms with Crippen molar-refractivity contribution in [1.82, 2.24) is 0 Å². The third-order valence-corrected chi connectivity index (χ3v) is 3.72. The number of ether oxygens (including phenoxy) is 4. The van der Waals surface area contributed by atoms with Crippen LogP contribution in [0, 0.1) is 0 Å². The third kappa shape index (κ3) is 4.27. The van der Waals surface area contributed by atoms with Crippen LogP contribution >= 0.6 is 0 Å². The van der Waals surface area contributed by atoms with Gasteiger partial charge in [-0.1, -0.05) is 13.0 Å². The van der Waals surface area contributed by atoms with Crippen molar-refractivity contribution in [1.29, 1.82) is 0 Å². The molecule has 0 aromatic heterocycles. The number of rotatable bonds is 7. The van der Waals surface area contributed by atoms with Crippen LogP contribution in [0.3, 0.4) is 0 Å². The number of hydrogen-bond donors (Lipinski definition) is 1. The smallest absolute Gasteiger partial charge is 0.248 e. The number of carbonyl (C=O) groups excluding carboxylic acids is 1. The van der Waals surface area contributed by atoms with Gasteiger partial charge in [0, 0.05) is 17.8 Å². The van der Waals surface area contributed by atoms with Crippen LogP contribution in [-0.4, -0.2) is 26.4 Å². The lowest BCUT2D eigenvalue weighted by atomic mass is 10.2. The van der Waals surface area contributed by atoms with Gasteiger partial charge >= 0.3 is 0 Å². The average molecular weight is 355 g/mol. The van der Waals surface area contributed by atoms with Gasteiger partial charge in [-0.25, -0.2) is 0 Å². The zero-order valence-electron chi connectivity index (χ0n) is 14.8. The molecule has 0 bridgehead atoms. The lowest BCUT2D eigenvalue weighted by Crippen LogP contribution is -2.07. The summed E-state index contributed by atoms with van der Waals surface area (Å²) in [5, 5.41) is 2.79. The van der Waals surface area contributed by atoms with Crippen molar-refractivity contribution >= 4 is 17.7 Å².